The lowest BCUT2D eigenvalue weighted by Crippen LogP contribution is -2.01. The average molecular weight is 409 g/mol. The Morgan fingerprint density at radius 3 is 2.44 bits per heavy atom. The van der Waals surface area contributed by atoms with Crippen LogP contribution in [0.25, 0.3) is 0 Å². The highest BCUT2D eigenvalue weighted by Crippen LogP contribution is 2.27. The van der Waals surface area contributed by atoms with Crippen LogP contribution in [0, 0.1) is 0 Å². The Labute approximate surface area is 117 Å². The highest BCUT2D eigenvalue weighted by molar-refractivity contribution is 9.11. The number of rotatable bonds is 2. The maximum Gasteiger partial charge on any atom is 0.230 e. The van der Waals surface area contributed by atoms with Crippen LogP contribution in [0.1, 0.15) is 16.1 Å². The zero-order valence-corrected chi connectivity index (χ0v) is 12.6. The van der Waals surface area contributed by atoms with Gasteiger partial charge in [0.15, 0.2) is 5.76 Å². The second-order valence-corrected chi connectivity index (χ2v) is 5.68. The molecule has 2 rings (SSSR count). The van der Waals surface area contributed by atoms with Crippen molar-refractivity contribution in [3.8, 4) is 0 Å². The Hall–Kier alpha value is -0.390. The summed E-state index contributed by atoms with van der Waals surface area (Å²) < 4.78 is 7.39. The lowest BCUT2D eigenvalue weighted by atomic mass is 10.1. The fraction of sp³-hybridized carbons (Fsp3) is 0. The Morgan fingerprint density at radius 2 is 1.81 bits per heavy atom. The standard InChI is InChI=1S/C11H5Br3O2/c12-6-1-2-8(13)7(5-6)10(15)11-9(14)3-4-16-11/h1-5H. The van der Waals surface area contributed by atoms with Crippen LogP contribution >= 0.6 is 47.8 Å². The Kier molecular flexibility index (Phi) is 3.66. The molecule has 0 aliphatic carbocycles. The minimum atomic E-state index is -0.162. The molecule has 0 aliphatic heterocycles. The predicted molar refractivity (Wildman–Crippen MR) is 71.7 cm³/mol. The van der Waals surface area contributed by atoms with E-state index < -0.39 is 0 Å². The predicted octanol–water partition coefficient (Wildman–Crippen LogP) is 4.80. The Balaban J connectivity index is 2.49. The largest absolute Gasteiger partial charge is 0.460 e. The molecule has 0 saturated carbocycles. The number of ketones is 1. The van der Waals surface area contributed by atoms with Gasteiger partial charge in [0, 0.05) is 14.5 Å². The summed E-state index contributed by atoms with van der Waals surface area (Å²) in [6, 6.07) is 7.12. The summed E-state index contributed by atoms with van der Waals surface area (Å²) in [7, 11) is 0. The second-order valence-electron chi connectivity index (χ2n) is 3.05. The molecule has 0 atom stereocenters. The third-order valence-corrected chi connectivity index (χ3v) is 3.81. The van der Waals surface area contributed by atoms with Crippen LogP contribution in [0.15, 0.2) is 48.4 Å². The smallest absolute Gasteiger partial charge is 0.230 e. The van der Waals surface area contributed by atoms with Crippen molar-refractivity contribution >= 4 is 53.6 Å². The van der Waals surface area contributed by atoms with Gasteiger partial charge in [-0.15, -0.1) is 0 Å². The van der Waals surface area contributed by atoms with Gasteiger partial charge in [-0.25, -0.2) is 0 Å². The molecule has 0 fully saturated rings. The number of carbonyl (C=O) groups is 1. The topological polar surface area (TPSA) is 30.2 Å². The number of carbonyl (C=O) groups excluding carboxylic acids is 1. The molecular formula is C11H5Br3O2. The van der Waals surface area contributed by atoms with E-state index in [1.54, 1.807) is 12.1 Å². The van der Waals surface area contributed by atoms with E-state index in [0.717, 1.165) is 8.95 Å². The summed E-state index contributed by atoms with van der Waals surface area (Å²) in [5.41, 5.74) is 0.560. The van der Waals surface area contributed by atoms with Crippen LogP contribution in [0.4, 0.5) is 0 Å². The van der Waals surface area contributed by atoms with E-state index in [-0.39, 0.29) is 5.78 Å². The summed E-state index contributed by atoms with van der Waals surface area (Å²) in [6.45, 7) is 0. The first-order chi connectivity index (χ1) is 7.59. The van der Waals surface area contributed by atoms with E-state index in [1.807, 2.05) is 12.1 Å². The number of halogens is 3. The van der Waals surface area contributed by atoms with Crippen molar-refractivity contribution in [2.75, 3.05) is 0 Å². The van der Waals surface area contributed by atoms with Crippen molar-refractivity contribution < 1.29 is 9.21 Å². The van der Waals surface area contributed by atoms with Gasteiger partial charge in [-0.1, -0.05) is 31.9 Å². The molecule has 0 unspecified atom stereocenters. The van der Waals surface area contributed by atoms with Crippen molar-refractivity contribution in [3.63, 3.8) is 0 Å². The monoisotopic (exact) mass is 406 g/mol. The zero-order valence-electron chi connectivity index (χ0n) is 7.84. The first kappa shape index (κ1) is 12.1. The Bertz CT molecular complexity index is 546. The van der Waals surface area contributed by atoms with Crippen LogP contribution in [0.5, 0.6) is 0 Å². The van der Waals surface area contributed by atoms with Crippen molar-refractivity contribution in [1.29, 1.82) is 0 Å². The highest BCUT2D eigenvalue weighted by Gasteiger charge is 2.18. The van der Waals surface area contributed by atoms with Gasteiger partial charge in [0.25, 0.3) is 0 Å². The molecule has 0 spiro atoms. The molecule has 0 N–H and O–H groups in total. The number of furan rings is 1. The van der Waals surface area contributed by atoms with Crippen molar-refractivity contribution in [2.24, 2.45) is 0 Å². The minimum Gasteiger partial charge on any atom is -0.460 e. The molecule has 0 radical (unpaired) electrons. The van der Waals surface area contributed by atoms with Crippen LogP contribution in [0.3, 0.4) is 0 Å². The molecule has 16 heavy (non-hydrogen) atoms. The molecule has 0 bridgehead atoms. The van der Waals surface area contributed by atoms with Crippen molar-refractivity contribution in [1.82, 2.24) is 0 Å². The quantitative estimate of drug-likeness (QED) is 0.668. The fourth-order valence-corrected chi connectivity index (χ4v) is 2.42. The van der Waals surface area contributed by atoms with Crippen LogP contribution in [-0.2, 0) is 0 Å². The molecule has 2 nitrogen and oxygen atoms in total. The molecular weight excluding hydrogens is 404 g/mol. The van der Waals surface area contributed by atoms with Crippen molar-refractivity contribution in [3.05, 3.63) is 55.3 Å². The van der Waals surface area contributed by atoms with Gasteiger partial charge in [-0.2, -0.15) is 0 Å². The second kappa shape index (κ2) is 4.85. The van der Waals surface area contributed by atoms with Gasteiger partial charge < -0.3 is 4.42 Å². The first-order valence-electron chi connectivity index (χ1n) is 4.32. The lowest BCUT2D eigenvalue weighted by molar-refractivity contribution is 0.101. The SMILES string of the molecule is O=C(c1cc(Br)ccc1Br)c1occc1Br. The third-order valence-electron chi connectivity index (χ3n) is 2.00. The molecule has 82 valence electrons. The lowest BCUT2D eigenvalue weighted by Gasteiger charge is -2.02. The average Bonchev–Trinajstić information content (AvgIpc) is 2.67. The third kappa shape index (κ3) is 2.31. The van der Waals surface area contributed by atoms with Crippen molar-refractivity contribution in [2.45, 2.75) is 0 Å². The van der Waals surface area contributed by atoms with Gasteiger partial charge in [0.2, 0.25) is 5.78 Å². The molecule has 1 aromatic heterocycles. The molecule has 0 aliphatic rings. The minimum absolute atomic E-state index is 0.162. The van der Waals surface area contributed by atoms with E-state index >= 15 is 0 Å². The normalized spacial score (nSPS) is 10.4. The molecule has 0 saturated heterocycles. The highest BCUT2D eigenvalue weighted by atomic mass is 79.9. The van der Waals surface area contributed by atoms with E-state index in [4.69, 9.17) is 4.42 Å². The van der Waals surface area contributed by atoms with Crippen LogP contribution in [0.2, 0.25) is 0 Å². The molecule has 1 heterocycles. The number of hydrogen-bond acceptors (Lipinski definition) is 2. The van der Waals surface area contributed by atoms with Gasteiger partial charge in [-0.3, -0.25) is 4.79 Å². The van der Waals surface area contributed by atoms with E-state index in [0.29, 0.717) is 15.8 Å². The van der Waals surface area contributed by atoms with E-state index in [2.05, 4.69) is 47.8 Å². The van der Waals surface area contributed by atoms with Crippen LogP contribution in [-0.4, -0.2) is 5.78 Å². The fourth-order valence-electron chi connectivity index (χ4n) is 1.25. The van der Waals surface area contributed by atoms with E-state index in [1.165, 1.54) is 6.26 Å². The van der Waals surface area contributed by atoms with Gasteiger partial charge in [-0.05, 0) is 40.2 Å². The van der Waals surface area contributed by atoms with Crippen LogP contribution < -0.4 is 0 Å². The summed E-state index contributed by atoms with van der Waals surface area (Å²) in [6.07, 6.45) is 1.48. The first-order valence-corrected chi connectivity index (χ1v) is 6.70. The number of benzene rings is 1. The summed E-state index contributed by atoms with van der Waals surface area (Å²) in [5, 5.41) is 0. The maximum atomic E-state index is 12.1. The maximum absolute atomic E-state index is 12.1. The zero-order chi connectivity index (χ0) is 11.7. The van der Waals surface area contributed by atoms with Gasteiger partial charge in [0.05, 0.1) is 10.7 Å². The van der Waals surface area contributed by atoms with Gasteiger partial charge >= 0.3 is 0 Å². The molecule has 1 aromatic carbocycles. The van der Waals surface area contributed by atoms with Gasteiger partial charge in [0.1, 0.15) is 0 Å². The summed E-state index contributed by atoms with van der Waals surface area (Å²) >= 11 is 9.94. The molecule has 5 heteroatoms. The Morgan fingerprint density at radius 1 is 1.06 bits per heavy atom. The van der Waals surface area contributed by atoms with E-state index in [9.17, 15) is 4.79 Å². The number of hydrogen-bond donors (Lipinski definition) is 0. The molecule has 2 aromatic rings. The summed E-state index contributed by atoms with van der Waals surface area (Å²) in [5.74, 6) is 0.142. The molecule has 0 amide bonds. The summed E-state index contributed by atoms with van der Waals surface area (Å²) in [4.78, 5) is 12.1.